The highest BCUT2D eigenvalue weighted by atomic mass is 32.1. The third-order valence-electron chi connectivity index (χ3n) is 4.58. The van der Waals surface area contributed by atoms with Crippen LogP contribution in [0.5, 0.6) is 0 Å². The SMILES string of the molecule is CC1(C)[C@@H]2CC[C@]1(C)C(=O)/C2=N/NC(N)=S. The van der Waals surface area contributed by atoms with Crippen LogP contribution < -0.4 is 11.2 Å². The number of ketones is 1. The molecule has 0 spiro atoms. The van der Waals surface area contributed by atoms with Crippen LogP contribution in [0.25, 0.3) is 0 Å². The number of fused-ring (bicyclic) bond motifs is 2. The van der Waals surface area contributed by atoms with Crippen molar-refractivity contribution in [2.24, 2.45) is 27.6 Å². The zero-order valence-electron chi connectivity index (χ0n) is 9.83. The van der Waals surface area contributed by atoms with Crippen LogP contribution in [0, 0.1) is 16.7 Å². The highest BCUT2D eigenvalue weighted by molar-refractivity contribution is 7.80. The molecule has 16 heavy (non-hydrogen) atoms. The summed E-state index contributed by atoms with van der Waals surface area (Å²) in [6.07, 6.45) is 1.97. The van der Waals surface area contributed by atoms with Gasteiger partial charge in [0.05, 0.1) is 0 Å². The van der Waals surface area contributed by atoms with Crippen LogP contribution in [-0.4, -0.2) is 16.6 Å². The maximum atomic E-state index is 12.3. The summed E-state index contributed by atoms with van der Waals surface area (Å²) >= 11 is 4.69. The largest absolute Gasteiger partial charge is 0.375 e. The van der Waals surface area contributed by atoms with Crippen molar-refractivity contribution in [3.05, 3.63) is 0 Å². The zero-order valence-corrected chi connectivity index (χ0v) is 10.6. The maximum absolute atomic E-state index is 12.3. The van der Waals surface area contributed by atoms with Crippen molar-refractivity contribution < 1.29 is 4.79 Å². The minimum absolute atomic E-state index is 0.0131. The molecule has 2 rings (SSSR count). The number of hydrogen-bond donors (Lipinski definition) is 2. The second-order valence-corrected chi connectivity index (χ2v) is 5.89. The Morgan fingerprint density at radius 1 is 1.56 bits per heavy atom. The van der Waals surface area contributed by atoms with E-state index in [1.54, 1.807) is 0 Å². The fourth-order valence-electron chi connectivity index (χ4n) is 3.07. The molecule has 0 aliphatic heterocycles. The van der Waals surface area contributed by atoms with E-state index < -0.39 is 0 Å². The fraction of sp³-hybridized carbons (Fsp3) is 0.727. The third-order valence-corrected chi connectivity index (χ3v) is 4.67. The quantitative estimate of drug-likeness (QED) is 0.533. The van der Waals surface area contributed by atoms with Gasteiger partial charge in [-0.3, -0.25) is 10.2 Å². The lowest BCUT2D eigenvalue weighted by Gasteiger charge is -2.31. The monoisotopic (exact) mass is 239 g/mol. The molecule has 4 nitrogen and oxygen atoms in total. The highest BCUT2D eigenvalue weighted by Gasteiger charge is 2.65. The van der Waals surface area contributed by atoms with Crippen molar-refractivity contribution in [1.29, 1.82) is 0 Å². The minimum atomic E-state index is -0.269. The van der Waals surface area contributed by atoms with Gasteiger partial charge in [-0.15, -0.1) is 0 Å². The van der Waals surface area contributed by atoms with Crippen LogP contribution in [0.2, 0.25) is 0 Å². The number of nitrogens with zero attached hydrogens (tertiary/aromatic N) is 1. The predicted octanol–water partition coefficient (Wildman–Crippen LogP) is 1.20. The van der Waals surface area contributed by atoms with E-state index in [-0.39, 0.29) is 27.6 Å². The number of nitrogens with one attached hydrogen (secondary N) is 1. The predicted molar refractivity (Wildman–Crippen MR) is 67.0 cm³/mol. The Morgan fingerprint density at radius 3 is 2.62 bits per heavy atom. The number of carbonyl (C=O) groups excluding carboxylic acids is 1. The van der Waals surface area contributed by atoms with E-state index in [1.807, 2.05) is 6.92 Å². The molecule has 0 amide bonds. The molecule has 0 aromatic heterocycles. The van der Waals surface area contributed by atoms with Gasteiger partial charge in [-0.2, -0.15) is 5.10 Å². The van der Waals surface area contributed by atoms with E-state index >= 15 is 0 Å². The summed E-state index contributed by atoms with van der Waals surface area (Å²) in [7, 11) is 0. The van der Waals surface area contributed by atoms with Gasteiger partial charge in [-0.05, 0) is 30.5 Å². The first-order chi connectivity index (χ1) is 7.30. The Labute approximate surface area is 101 Å². The van der Waals surface area contributed by atoms with Crippen molar-refractivity contribution in [3.63, 3.8) is 0 Å². The minimum Gasteiger partial charge on any atom is -0.375 e. The van der Waals surface area contributed by atoms with Crippen LogP contribution in [0.1, 0.15) is 33.6 Å². The summed E-state index contributed by atoms with van der Waals surface area (Å²) in [6.45, 7) is 6.33. The molecule has 0 radical (unpaired) electrons. The van der Waals surface area contributed by atoms with Crippen LogP contribution in [0.4, 0.5) is 0 Å². The second kappa shape index (κ2) is 3.26. The standard InChI is InChI=1S/C11H17N3OS/c1-10(2)6-4-5-11(10,3)8(15)7(6)13-14-9(12)16/h6H,4-5H2,1-3H3,(H3,12,14,16)/b13-7+/t6-,11-/m1/s1. The smallest absolute Gasteiger partial charge is 0.185 e. The summed E-state index contributed by atoms with van der Waals surface area (Å²) in [5, 5.41) is 4.18. The van der Waals surface area contributed by atoms with Gasteiger partial charge < -0.3 is 5.73 Å². The van der Waals surface area contributed by atoms with Crippen LogP contribution >= 0.6 is 12.2 Å². The van der Waals surface area contributed by atoms with Gasteiger partial charge in [0.2, 0.25) is 0 Å². The van der Waals surface area contributed by atoms with E-state index in [0.29, 0.717) is 5.71 Å². The molecule has 88 valence electrons. The number of nitrogens with two attached hydrogens (primary N) is 1. The van der Waals surface area contributed by atoms with E-state index in [9.17, 15) is 4.79 Å². The maximum Gasteiger partial charge on any atom is 0.185 e. The van der Waals surface area contributed by atoms with Gasteiger partial charge in [0.25, 0.3) is 0 Å². The summed E-state index contributed by atoms with van der Waals surface area (Å²) in [5.41, 5.74) is 8.19. The first-order valence-electron chi connectivity index (χ1n) is 5.48. The molecule has 2 atom stereocenters. The first-order valence-corrected chi connectivity index (χ1v) is 5.89. The lowest BCUT2D eigenvalue weighted by molar-refractivity contribution is -0.123. The molecule has 5 heteroatoms. The Morgan fingerprint density at radius 2 is 2.19 bits per heavy atom. The number of thiocarbonyl (C=S) groups is 1. The average molecular weight is 239 g/mol. The molecule has 2 bridgehead atoms. The summed E-state index contributed by atoms with van der Waals surface area (Å²) in [5.74, 6) is 0.379. The first kappa shape index (κ1) is 11.5. The van der Waals surface area contributed by atoms with Gasteiger partial charge in [0.1, 0.15) is 5.71 Å². The topological polar surface area (TPSA) is 67.5 Å². The van der Waals surface area contributed by atoms with Crippen molar-refractivity contribution in [2.75, 3.05) is 0 Å². The van der Waals surface area contributed by atoms with Crippen LogP contribution in [-0.2, 0) is 4.79 Å². The normalized spacial score (nSPS) is 38.1. The average Bonchev–Trinajstić information content (AvgIpc) is 2.47. The molecular formula is C11H17N3OS. The summed E-state index contributed by atoms with van der Waals surface area (Å²) in [4.78, 5) is 12.3. The van der Waals surface area contributed by atoms with Crippen molar-refractivity contribution >= 4 is 28.8 Å². The lowest BCUT2D eigenvalue weighted by Crippen LogP contribution is -2.34. The van der Waals surface area contributed by atoms with E-state index in [2.05, 4.69) is 36.6 Å². The van der Waals surface area contributed by atoms with E-state index in [1.165, 1.54) is 0 Å². The molecule has 3 N–H and O–H groups in total. The molecule has 2 aliphatic rings. The Bertz CT molecular complexity index is 402. The number of carbonyl (C=O) groups is 1. The molecule has 2 aliphatic carbocycles. The Balaban J connectivity index is 2.37. The Kier molecular flexibility index (Phi) is 2.35. The van der Waals surface area contributed by atoms with E-state index in [4.69, 9.17) is 5.73 Å². The highest BCUT2D eigenvalue weighted by Crippen LogP contribution is 2.62. The molecule has 0 aromatic rings. The van der Waals surface area contributed by atoms with Gasteiger partial charge in [0.15, 0.2) is 10.9 Å². The molecule has 0 aromatic carbocycles. The van der Waals surface area contributed by atoms with Crippen molar-refractivity contribution in [2.45, 2.75) is 33.6 Å². The molecule has 2 fully saturated rings. The molecule has 0 saturated heterocycles. The van der Waals surface area contributed by atoms with Gasteiger partial charge in [0, 0.05) is 11.3 Å². The number of hydrogen-bond acceptors (Lipinski definition) is 3. The fourth-order valence-corrected chi connectivity index (χ4v) is 3.12. The van der Waals surface area contributed by atoms with Crippen LogP contribution in [0.3, 0.4) is 0 Å². The summed E-state index contributed by atoms with van der Waals surface area (Å²) in [6, 6.07) is 0. The number of hydrazone groups is 1. The van der Waals surface area contributed by atoms with Crippen LogP contribution in [0.15, 0.2) is 5.10 Å². The number of rotatable bonds is 1. The second-order valence-electron chi connectivity index (χ2n) is 5.45. The molecule has 2 saturated carbocycles. The Hall–Kier alpha value is -0.970. The molecular weight excluding hydrogens is 222 g/mol. The zero-order chi connectivity index (χ0) is 12.1. The van der Waals surface area contributed by atoms with Crippen molar-refractivity contribution in [1.82, 2.24) is 5.43 Å². The van der Waals surface area contributed by atoms with E-state index in [0.717, 1.165) is 12.8 Å². The van der Waals surface area contributed by atoms with Gasteiger partial charge in [-0.25, -0.2) is 0 Å². The van der Waals surface area contributed by atoms with Crippen molar-refractivity contribution in [3.8, 4) is 0 Å². The number of Topliss-reactive ketones (excluding diaryl/α,β-unsaturated/α-hetero) is 1. The molecule has 0 heterocycles. The lowest BCUT2D eigenvalue weighted by atomic mass is 9.70. The van der Waals surface area contributed by atoms with Gasteiger partial charge in [-0.1, -0.05) is 20.8 Å². The van der Waals surface area contributed by atoms with Gasteiger partial charge >= 0.3 is 0 Å². The molecule has 0 unspecified atom stereocenters. The summed E-state index contributed by atoms with van der Waals surface area (Å²) < 4.78 is 0. The third kappa shape index (κ3) is 1.24.